The van der Waals surface area contributed by atoms with Gasteiger partial charge in [0, 0.05) is 12.6 Å². The number of rotatable bonds is 10. The molecular weight excluding hydrogens is 468 g/mol. The van der Waals surface area contributed by atoms with Crippen molar-refractivity contribution in [1.29, 1.82) is 0 Å². The molecule has 1 atom stereocenters. The van der Waals surface area contributed by atoms with Crippen LogP contribution >= 0.6 is 11.6 Å². The zero-order valence-electron chi connectivity index (χ0n) is 20.7. The minimum Gasteiger partial charge on any atom is -0.497 e. The van der Waals surface area contributed by atoms with Gasteiger partial charge in [-0.25, -0.2) is 0 Å². The summed E-state index contributed by atoms with van der Waals surface area (Å²) in [4.78, 5) is 28.4. The summed E-state index contributed by atoms with van der Waals surface area (Å²) >= 11 is 6.03. The molecular formula is C27H35ClN2O5. The molecule has 1 saturated carbocycles. The topological polar surface area (TPSA) is 77.1 Å². The maximum atomic E-state index is 13.8. The predicted molar refractivity (Wildman–Crippen MR) is 136 cm³/mol. The molecule has 3 rings (SSSR count). The lowest BCUT2D eigenvalue weighted by Crippen LogP contribution is -2.46. The number of methoxy groups -OCH3 is 3. The van der Waals surface area contributed by atoms with E-state index < -0.39 is 6.04 Å². The second-order valence-electron chi connectivity index (χ2n) is 8.72. The number of carbonyl (C=O) groups is 2. The molecule has 0 spiro atoms. The van der Waals surface area contributed by atoms with Crippen LogP contribution in [0.25, 0.3) is 0 Å². The van der Waals surface area contributed by atoms with Crippen molar-refractivity contribution in [2.24, 2.45) is 0 Å². The first-order chi connectivity index (χ1) is 17.0. The minimum atomic E-state index is -0.883. The van der Waals surface area contributed by atoms with E-state index in [1.807, 2.05) is 24.3 Å². The molecule has 2 aromatic carbocycles. The van der Waals surface area contributed by atoms with Gasteiger partial charge in [-0.3, -0.25) is 9.59 Å². The summed E-state index contributed by atoms with van der Waals surface area (Å²) < 4.78 is 16.1. The summed E-state index contributed by atoms with van der Waals surface area (Å²) in [5, 5.41) is 3.22. The van der Waals surface area contributed by atoms with Crippen LogP contribution in [0.4, 0.5) is 0 Å². The normalized spacial score (nSPS) is 15.0. The minimum absolute atomic E-state index is 0.0848. The summed E-state index contributed by atoms with van der Waals surface area (Å²) in [5.41, 5.74) is 1.48. The first kappa shape index (κ1) is 26.7. The maximum absolute atomic E-state index is 13.8. The Morgan fingerprint density at radius 1 is 0.943 bits per heavy atom. The molecule has 2 amide bonds. The molecule has 0 aliphatic heterocycles. The van der Waals surface area contributed by atoms with Crippen molar-refractivity contribution in [3.05, 3.63) is 53.6 Å². The van der Waals surface area contributed by atoms with E-state index >= 15 is 0 Å². The lowest BCUT2D eigenvalue weighted by molar-refractivity contribution is -0.140. The highest BCUT2D eigenvalue weighted by Gasteiger charge is 2.33. The third kappa shape index (κ3) is 7.04. The summed E-state index contributed by atoms with van der Waals surface area (Å²) in [6.07, 6.45) is 6.41. The van der Waals surface area contributed by atoms with Crippen LogP contribution in [0.2, 0.25) is 0 Å². The Labute approximate surface area is 212 Å². The summed E-state index contributed by atoms with van der Waals surface area (Å²) in [6, 6.07) is 11.9. The molecule has 8 heteroatoms. The van der Waals surface area contributed by atoms with Crippen LogP contribution in [0.1, 0.15) is 55.7 Å². The quantitative estimate of drug-likeness (QED) is 0.371. The Hall–Kier alpha value is -2.93. The Morgan fingerprint density at radius 3 is 2.17 bits per heavy atom. The van der Waals surface area contributed by atoms with Gasteiger partial charge in [-0.05, 0) is 48.2 Å². The van der Waals surface area contributed by atoms with E-state index in [0.29, 0.717) is 22.8 Å². The van der Waals surface area contributed by atoms with Gasteiger partial charge < -0.3 is 24.4 Å². The molecule has 1 N–H and O–H groups in total. The highest BCUT2D eigenvalue weighted by Crippen LogP contribution is 2.33. The van der Waals surface area contributed by atoms with Gasteiger partial charge >= 0.3 is 0 Å². The summed E-state index contributed by atoms with van der Waals surface area (Å²) in [6.45, 7) is 0.215. The van der Waals surface area contributed by atoms with E-state index in [9.17, 15) is 9.59 Å². The van der Waals surface area contributed by atoms with Gasteiger partial charge in [-0.2, -0.15) is 0 Å². The van der Waals surface area contributed by atoms with E-state index in [-0.39, 0.29) is 30.3 Å². The molecule has 0 radical (unpaired) electrons. The van der Waals surface area contributed by atoms with Crippen molar-refractivity contribution in [2.45, 2.75) is 57.2 Å². The van der Waals surface area contributed by atoms with E-state index in [4.69, 9.17) is 25.8 Å². The molecule has 0 heterocycles. The van der Waals surface area contributed by atoms with Crippen LogP contribution < -0.4 is 19.5 Å². The Balaban J connectivity index is 1.99. The predicted octanol–water partition coefficient (Wildman–Crippen LogP) is 4.86. The number of carbonyl (C=O) groups excluding carboxylic acids is 2. The number of hydrogen-bond acceptors (Lipinski definition) is 5. The van der Waals surface area contributed by atoms with Crippen molar-refractivity contribution in [2.75, 3.05) is 27.2 Å². The standard InChI is InChI=1S/C27H35ClN2O5/c1-33-22-13-10-19(11-14-22)18-30(25(31)17-28)26(20-12-15-23(34-2)24(16-20)35-3)27(32)29-21-8-6-4-5-7-9-21/h10-16,21,26H,4-9,17-18H2,1-3H3,(H,29,32). The van der Waals surface area contributed by atoms with Gasteiger partial charge in [0.05, 0.1) is 21.3 Å². The maximum Gasteiger partial charge on any atom is 0.247 e. The number of benzene rings is 2. The summed E-state index contributed by atoms with van der Waals surface area (Å²) in [5.74, 6) is 0.946. The average molecular weight is 503 g/mol. The molecule has 0 saturated heterocycles. The van der Waals surface area contributed by atoms with Crippen LogP contribution in [-0.2, 0) is 16.1 Å². The van der Waals surface area contributed by atoms with Gasteiger partial charge in [-0.1, -0.05) is 43.9 Å². The van der Waals surface area contributed by atoms with Gasteiger partial charge in [-0.15, -0.1) is 11.6 Å². The third-order valence-corrected chi connectivity index (χ3v) is 6.66. The number of hydrogen-bond donors (Lipinski definition) is 1. The fraction of sp³-hybridized carbons (Fsp3) is 0.481. The zero-order chi connectivity index (χ0) is 25.2. The third-order valence-electron chi connectivity index (χ3n) is 6.43. The molecule has 1 fully saturated rings. The average Bonchev–Trinajstić information content (AvgIpc) is 3.16. The molecule has 0 aromatic heterocycles. The number of amides is 2. The molecule has 0 bridgehead atoms. The number of alkyl halides is 1. The van der Waals surface area contributed by atoms with E-state index in [1.165, 1.54) is 17.7 Å². The fourth-order valence-electron chi connectivity index (χ4n) is 4.53. The molecule has 2 aromatic rings. The van der Waals surface area contributed by atoms with Crippen molar-refractivity contribution < 1.29 is 23.8 Å². The summed E-state index contributed by atoms with van der Waals surface area (Å²) in [7, 11) is 4.70. The van der Waals surface area contributed by atoms with E-state index in [2.05, 4.69) is 5.32 Å². The van der Waals surface area contributed by atoms with E-state index in [1.54, 1.807) is 39.5 Å². The van der Waals surface area contributed by atoms with Gasteiger partial charge in [0.15, 0.2) is 11.5 Å². The molecule has 1 unspecified atom stereocenters. The Morgan fingerprint density at radius 2 is 1.60 bits per heavy atom. The van der Waals surface area contributed by atoms with Crippen LogP contribution in [0.5, 0.6) is 17.2 Å². The molecule has 1 aliphatic rings. The number of halogens is 1. The van der Waals surface area contributed by atoms with Crippen molar-refractivity contribution >= 4 is 23.4 Å². The monoisotopic (exact) mass is 502 g/mol. The SMILES string of the molecule is COc1ccc(CN(C(=O)CCl)C(C(=O)NC2CCCCCC2)c2ccc(OC)c(OC)c2)cc1. The van der Waals surface area contributed by atoms with Crippen LogP contribution in [-0.4, -0.2) is 50.0 Å². The highest BCUT2D eigenvalue weighted by molar-refractivity contribution is 6.27. The van der Waals surface area contributed by atoms with Crippen LogP contribution in [0.3, 0.4) is 0 Å². The second-order valence-corrected chi connectivity index (χ2v) is 8.98. The number of nitrogens with one attached hydrogen (secondary N) is 1. The second kappa shape index (κ2) is 13.2. The Bertz CT molecular complexity index is 974. The van der Waals surface area contributed by atoms with Crippen molar-refractivity contribution in [3.8, 4) is 17.2 Å². The van der Waals surface area contributed by atoms with Crippen LogP contribution in [0.15, 0.2) is 42.5 Å². The van der Waals surface area contributed by atoms with Gasteiger partial charge in [0.2, 0.25) is 11.8 Å². The lowest BCUT2D eigenvalue weighted by atomic mass is 10.0. The molecule has 190 valence electrons. The smallest absolute Gasteiger partial charge is 0.247 e. The first-order valence-electron chi connectivity index (χ1n) is 12.0. The Kier molecular flexibility index (Phi) is 10.1. The first-order valence-corrected chi connectivity index (χ1v) is 12.5. The van der Waals surface area contributed by atoms with Gasteiger partial charge in [0.1, 0.15) is 17.7 Å². The van der Waals surface area contributed by atoms with Crippen LogP contribution in [0, 0.1) is 0 Å². The van der Waals surface area contributed by atoms with Crippen molar-refractivity contribution in [1.82, 2.24) is 10.2 Å². The zero-order valence-corrected chi connectivity index (χ0v) is 21.5. The number of ether oxygens (including phenoxy) is 3. The van der Waals surface area contributed by atoms with E-state index in [0.717, 1.165) is 31.2 Å². The fourth-order valence-corrected chi connectivity index (χ4v) is 4.68. The van der Waals surface area contributed by atoms with Gasteiger partial charge in [0.25, 0.3) is 0 Å². The largest absolute Gasteiger partial charge is 0.497 e. The van der Waals surface area contributed by atoms with Crippen molar-refractivity contribution in [3.63, 3.8) is 0 Å². The highest BCUT2D eigenvalue weighted by atomic mass is 35.5. The molecule has 7 nitrogen and oxygen atoms in total. The number of nitrogens with zero attached hydrogens (tertiary/aromatic N) is 1. The molecule has 1 aliphatic carbocycles. The molecule has 35 heavy (non-hydrogen) atoms. The lowest BCUT2D eigenvalue weighted by Gasteiger charge is -2.32.